The van der Waals surface area contributed by atoms with Gasteiger partial charge in [0.2, 0.25) is 21.8 Å². The number of piperazine rings is 1. The van der Waals surface area contributed by atoms with Crippen molar-refractivity contribution < 1.29 is 22.7 Å². The van der Waals surface area contributed by atoms with Crippen molar-refractivity contribution in [1.82, 2.24) is 20.3 Å². The largest absolute Gasteiger partial charge is 0.493 e. The van der Waals surface area contributed by atoms with Crippen LogP contribution in [0.2, 0.25) is 10.0 Å². The molecule has 2 amide bonds. The molecule has 2 aliphatic heterocycles. The summed E-state index contributed by atoms with van der Waals surface area (Å²) in [6, 6.07) is 7.82. The second-order valence-electron chi connectivity index (χ2n) is 10.4. The highest BCUT2D eigenvalue weighted by Crippen LogP contribution is 2.36. The number of benzene rings is 2. The van der Waals surface area contributed by atoms with Crippen LogP contribution in [0, 0.1) is 0 Å². The van der Waals surface area contributed by atoms with E-state index >= 15 is 0 Å². The Hall–Kier alpha value is -2.37. The first kappa shape index (κ1) is 28.6. The van der Waals surface area contributed by atoms with Crippen LogP contribution in [0.25, 0.3) is 0 Å². The molecule has 0 bridgehead atoms. The molecule has 12 heteroatoms. The Morgan fingerprint density at radius 2 is 1.89 bits per heavy atom. The standard InChI is InChI=1S/C26H32Cl2N4O5S/c1-26(2,3)30-15-16-12-23-19(13-20(16)28)21(8-11-37-23)31-24(33)14-22-25(34)29-9-10-32(22)38(35,36)18-6-4-17(27)5-7-18/h4-7,12-13,21-22,30H,8-11,14-15H2,1-3H3,(H,29,34)(H,31,33)/t21-,22?/m1/s1. The van der Waals surface area contributed by atoms with Crippen LogP contribution in [0.3, 0.4) is 0 Å². The van der Waals surface area contributed by atoms with E-state index in [1.54, 1.807) is 6.07 Å². The van der Waals surface area contributed by atoms with Gasteiger partial charge in [0, 0.05) is 47.2 Å². The molecule has 1 unspecified atom stereocenters. The number of amides is 2. The number of carbonyl (C=O) groups excluding carboxylic acids is 2. The Bertz CT molecular complexity index is 1310. The number of hydrogen-bond donors (Lipinski definition) is 3. The molecular weight excluding hydrogens is 551 g/mol. The van der Waals surface area contributed by atoms with Crippen LogP contribution < -0.4 is 20.7 Å². The molecule has 2 aromatic rings. The number of sulfonamides is 1. The minimum Gasteiger partial charge on any atom is -0.493 e. The van der Waals surface area contributed by atoms with E-state index in [9.17, 15) is 18.0 Å². The lowest BCUT2D eigenvalue weighted by Gasteiger charge is -2.34. The van der Waals surface area contributed by atoms with Crippen LogP contribution in [0.15, 0.2) is 41.3 Å². The summed E-state index contributed by atoms with van der Waals surface area (Å²) in [6.45, 7) is 7.36. The molecule has 4 rings (SSSR count). The van der Waals surface area contributed by atoms with Gasteiger partial charge in [-0.3, -0.25) is 9.59 Å². The fourth-order valence-corrected chi connectivity index (χ4v) is 6.40. The molecule has 0 spiro atoms. The van der Waals surface area contributed by atoms with Gasteiger partial charge in [0.1, 0.15) is 11.8 Å². The third-order valence-electron chi connectivity index (χ3n) is 6.44. The highest BCUT2D eigenvalue weighted by Gasteiger charge is 2.40. The SMILES string of the molecule is CC(C)(C)NCc1cc2c(cc1Cl)[C@H](NC(=O)CC1C(=O)NCCN1S(=O)(=O)c1ccc(Cl)cc1)CCO2. The van der Waals surface area contributed by atoms with Gasteiger partial charge in [0.25, 0.3) is 0 Å². The van der Waals surface area contributed by atoms with Crippen LogP contribution >= 0.6 is 23.2 Å². The number of carbonyl (C=O) groups is 2. The second-order valence-corrected chi connectivity index (χ2v) is 13.2. The number of fused-ring (bicyclic) bond motifs is 1. The molecule has 206 valence electrons. The number of rotatable bonds is 7. The summed E-state index contributed by atoms with van der Waals surface area (Å²) in [5.41, 5.74) is 1.54. The predicted molar refractivity (Wildman–Crippen MR) is 146 cm³/mol. The number of nitrogens with one attached hydrogen (secondary N) is 3. The van der Waals surface area contributed by atoms with E-state index in [0.717, 1.165) is 15.4 Å². The molecule has 0 aliphatic carbocycles. The number of halogens is 2. The molecular formula is C26H32Cl2N4O5S. The van der Waals surface area contributed by atoms with Crippen molar-refractivity contribution in [1.29, 1.82) is 0 Å². The Morgan fingerprint density at radius 1 is 1.18 bits per heavy atom. The summed E-state index contributed by atoms with van der Waals surface area (Å²) in [5, 5.41) is 9.97. The molecule has 2 atom stereocenters. The van der Waals surface area contributed by atoms with Crippen molar-refractivity contribution in [2.45, 2.75) is 62.7 Å². The van der Waals surface area contributed by atoms with Crippen LogP contribution in [-0.4, -0.2) is 55.8 Å². The fourth-order valence-electron chi connectivity index (χ4n) is 4.44. The number of ether oxygens (including phenoxy) is 1. The molecule has 0 radical (unpaired) electrons. The summed E-state index contributed by atoms with van der Waals surface area (Å²) in [7, 11) is -4.02. The topological polar surface area (TPSA) is 117 Å². The zero-order chi connectivity index (χ0) is 27.7. The summed E-state index contributed by atoms with van der Waals surface area (Å²) in [5.74, 6) is -0.329. The van der Waals surface area contributed by atoms with E-state index in [4.69, 9.17) is 27.9 Å². The molecule has 1 saturated heterocycles. The zero-order valence-electron chi connectivity index (χ0n) is 21.5. The van der Waals surface area contributed by atoms with E-state index < -0.39 is 27.9 Å². The van der Waals surface area contributed by atoms with E-state index in [1.165, 1.54) is 24.3 Å². The van der Waals surface area contributed by atoms with Gasteiger partial charge in [-0.1, -0.05) is 23.2 Å². The van der Waals surface area contributed by atoms with Gasteiger partial charge in [-0.15, -0.1) is 0 Å². The summed E-state index contributed by atoms with van der Waals surface area (Å²) in [4.78, 5) is 25.9. The summed E-state index contributed by atoms with van der Waals surface area (Å²) in [6.07, 6.45) is 0.185. The molecule has 2 aliphatic rings. The third kappa shape index (κ3) is 6.60. The lowest BCUT2D eigenvalue weighted by atomic mass is 9.97. The van der Waals surface area contributed by atoms with Crippen LogP contribution in [0.5, 0.6) is 5.75 Å². The first-order valence-corrected chi connectivity index (χ1v) is 14.6. The Morgan fingerprint density at radius 3 is 2.58 bits per heavy atom. The average Bonchev–Trinajstić information content (AvgIpc) is 2.84. The summed E-state index contributed by atoms with van der Waals surface area (Å²) >= 11 is 12.5. The average molecular weight is 584 g/mol. The van der Waals surface area contributed by atoms with Crippen LogP contribution in [0.4, 0.5) is 0 Å². The normalized spacial score (nSPS) is 20.3. The zero-order valence-corrected chi connectivity index (χ0v) is 23.8. The lowest BCUT2D eigenvalue weighted by molar-refractivity contribution is -0.132. The van der Waals surface area contributed by atoms with Crippen LogP contribution in [0.1, 0.15) is 50.8 Å². The van der Waals surface area contributed by atoms with Gasteiger partial charge in [0.05, 0.1) is 24.0 Å². The molecule has 9 nitrogen and oxygen atoms in total. The van der Waals surface area contributed by atoms with Crippen molar-refractivity contribution in [3.05, 3.63) is 57.6 Å². The Labute approximate surface area is 233 Å². The Kier molecular flexibility index (Phi) is 8.59. The first-order chi connectivity index (χ1) is 17.8. The van der Waals surface area contributed by atoms with Crippen molar-refractivity contribution >= 4 is 45.0 Å². The maximum absolute atomic E-state index is 13.3. The summed E-state index contributed by atoms with van der Waals surface area (Å²) < 4.78 is 33.5. The minimum atomic E-state index is -4.02. The van der Waals surface area contributed by atoms with Crippen molar-refractivity contribution in [3.8, 4) is 5.75 Å². The van der Waals surface area contributed by atoms with Crippen LogP contribution in [-0.2, 0) is 26.2 Å². The highest BCUT2D eigenvalue weighted by atomic mass is 35.5. The quantitative estimate of drug-likeness (QED) is 0.460. The molecule has 2 heterocycles. The van der Waals surface area contributed by atoms with E-state index in [0.29, 0.717) is 35.4 Å². The van der Waals surface area contributed by atoms with Crippen molar-refractivity contribution in [2.24, 2.45) is 0 Å². The van der Waals surface area contributed by atoms with E-state index in [-0.39, 0.29) is 36.0 Å². The lowest BCUT2D eigenvalue weighted by Crippen LogP contribution is -2.58. The Balaban J connectivity index is 1.50. The number of nitrogens with zero attached hydrogens (tertiary/aromatic N) is 1. The van der Waals surface area contributed by atoms with E-state index in [1.807, 2.05) is 6.07 Å². The minimum absolute atomic E-state index is 0.00626. The highest BCUT2D eigenvalue weighted by molar-refractivity contribution is 7.89. The fraction of sp³-hybridized carbons (Fsp3) is 0.462. The smallest absolute Gasteiger partial charge is 0.243 e. The van der Waals surface area contributed by atoms with Gasteiger partial charge in [0.15, 0.2) is 0 Å². The molecule has 0 saturated carbocycles. The van der Waals surface area contributed by atoms with Gasteiger partial charge in [-0.05, 0) is 62.7 Å². The third-order valence-corrected chi connectivity index (χ3v) is 8.97. The van der Waals surface area contributed by atoms with E-state index in [2.05, 4.69) is 36.7 Å². The van der Waals surface area contributed by atoms with Gasteiger partial charge >= 0.3 is 0 Å². The molecule has 38 heavy (non-hydrogen) atoms. The van der Waals surface area contributed by atoms with Crippen molar-refractivity contribution in [3.63, 3.8) is 0 Å². The van der Waals surface area contributed by atoms with Gasteiger partial charge in [-0.2, -0.15) is 4.31 Å². The predicted octanol–water partition coefficient (Wildman–Crippen LogP) is 3.40. The first-order valence-electron chi connectivity index (χ1n) is 12.4. The molecule has 3 N–H and O–H groups in total. The molecule has 1 fully saturated rings. The molecule has 0 aromatic heterocycles. The second kappa shape index (κ2) is 11.4. The molecule has 2 aromatic carbocycles. The van der Waals surface area contributed by atoms with Crippen molar-refractivity contribution in [2.75, 3.05) is 19.7 Å². The maximum Gasteiger partial charge on any atom is 0.243 e. The monoisotopic (exact) mass is 582 g/mol. The van der Waals surface area contributed by atoms with Gasteiger partial charge < -0.3 is 20.7 Å². The maximum atomic E-state index is 13.3. The number of hydrogen-bond acceptors (Lipinski definition) is 6. The van der Waals surface area contributed by atoms with Gasteiger partial charge in [-0.25, -0.2) is 8.42 Å².